The van der Waals surface area contributed by atoms with E-state index in [-0.39, 0.29) is 5.91 Å². The molecule has 6 heteroatoms. The Morgan fingerprint density at radius 2 is 1.83 bits per heavy atom. The minimum Gasteiger partial charge on any atom is -0.497 e. The largest absolute Gasteiger partial charge is 0.497 e. The minimum absolute atomic E-state index is 0.0927. The van der Waals surface area contributed by atoms with Gasteiger partial charge in [-0.3, -0.25) is 4.79 Å². The lowest BCUT2D eigenvalue weighted by molar-refractivity contribution is 0.0950. The molecule has 1 heterocycles. The van der Waals surface area contributed by atoms with Crippen molar-refractivity contribution in [2.24, 2.45) is 0 Å². The van der Waals surface area contributed by atoms with Crippen LogP contribution in [0.3, 0.4) is 0 Å². The van der Waals surface area contributed by atoms with E-state index < -0.39 is 0 Å². The molecule has 0 fully saturated rings. The van der Waals surface area contributed by atoms with Crippen LogP contribution in [0.15, 0.2) is 54.6 Å². The van der Waals surface area contributed by atoms with Crippen molar-refractivity contribution in [3.05, 3.63) is 70.9 Å². The highest BCUT2D eigenvalue weighted by molar-refractivity contribution is 6.32. The number of benzene rings is 2. The number of hydrogen-bond donors (Lipinski definition) is 1. The van der Waals surface area contributed by atoms with Gasteiger partial charge in [0.2, 0.25) is 0 Å². The Bertz CT molecular complexity index is 994. The third-order valence-electron chi connectivity index (χ3n) is 4.82. The van der Waals surface area contributed by atoms with E-state index in [0.29, 0.717) is 17.1 Å². The number of hydrogen-bond acceptors (Lipinski definition) is 3. The standard InChI is InChI=1S/C23H26ClN3O2/c1-16-19(23(28)25-13-14-26(2)3)15-22(17-9-11-18(29-4)12-10-17)27(16)21-8-6-5-7-20(21)24/h5-12,15H,13-14H2,1-4H3,(H,25,28). The lowest BCUT2D eigenvalue weighted by Gasteiger charge is -2.14. The zero-order valence-corrected chi connectivity index (χ0v) is 18.0. The molecule has 0 atom stereocenters. The van der Waals surface area contributed by atoms with Crippen molar-refractivity contribution >= 4 is 17.5 Å². The SMILES string of the molecule is COc1ccc(-c2cc(C(=O)NCCN(C)C)c(C)n2-c2ccccc2Cl)cc1. The fraction of sp³-hybridized carbons (Fsp3) is 0.261. The van der Waals surface area contributed by atoms with E-state index in [2.05, 4.69) is 5.32 Å². The molecule has 0 bridgehead atoms. The molecule has 0 saturated heterocycles. The zero-order valence-electron chi connectivity index (χ0n) is 17.2. The first-order chi connectivity index (χ1) is 13.9. The van der Waals surface area contributed by atoms with Gasteiger partial charge in [0.15, 0.2) is 0 Å². The summed E-state index contributed by atoms with van der Waals surface area (Å²) in [6.07, 6.45) is 0. The predicted octanol–water partition coefficient (Wildman–Crippen LogP) is 4.41. The molecule has 0 unspecified atom stereocenters. The number of amides is 1. The molecular formula is C23H26ClN3O2. The smallest absolute Gasteiger partial charge is 0.253 e. The average Bonchev–Trinajstić information content (AvgIpc) is 3.05. The van der Waals surface area contributed by atoms with Crippen LogP contribution < -0.4 is 10.1 Å². The van der Waals surface area contributed by atoms with Crippen LogP contribution in [-0.4, -0.2) is 49.7 Å². The fourth-order valence-corrected chi connectivity index (χ4v) is 3.46. The normalized spacial score (nSPS) is 11.0. The van der Waals surface area contributed by atoms with E-state index in [1.807, 2.05) is 85.1 Å². The highest BCUT2D eigenvalue weighted by atomic mass is 35.5. The van der Waals surface area contributed by atoms with Crippen molar-refractivity contribution in [1.29, 1.82) is 0 Å². The summed E-state index contributed by atoms with van der Waals surface area (Å²) in [5.74, 6) is 0.688. The van der Waals surface area contributed by atoms with Gasteiger partial charge in [-0.05, 0) is 69.0 Å². The van der Waals surface area contributed by atoms with Crippen LogP contribution in [0.1, 0.15) is 16.1 Å². The summed E-state index contributed by atoms with van der Waals surface area (Å²) >= 11 is 6.50. The topological polar surface area (TPSA) is 46.5 Å². The average molecular weight is 412 g/mol. The third-order valence-corrected chi connectivity index (χ3v) is 5.14. The Labute approximate surface area is 176 Å². The first-order valence-corrected chi connectivity index (χ1v) is 9.84. The molecule has 0 aliphatic rings. The molecule has 0 aliphatic carbocycles. The number of halogens is 1. The van der Waals surface area contributed by atoms with Gasteiger partial charge in [-0.2, -0.15) is 0 Å². The summed E-state index contributed by atoms with van der Waals surface area (Å²) in [7, 11) is 5.60. The van der Waals surface area contributed by atoms with E-state index in [4.69, 9.17) is 16.3 Å². The summed E-state index contributed by atoms with van der Waals surface area (Å²) in [5, 5.41) is 3.63. The zero-order chi connectivity index (χ0) is 21.0. The second kappa shape index (κ2) is 9.16. The van der Waals surface area contributed by atoms with Crippen LogP contribution in [0.5, 0.6) is 5.75 Å². The maximum atomic E-state index is 12.9. The van der Waals surface area contributed by atoms with Gasteiger partial charge in [0.25, 0.3) is 5.91 Å². The highest BCUT2D eigenvalue weighted by Crippen LogP contribution is 2.33. The summed E-state index contributed by atoms with van der Waals surface area (Å²) < 4.78 is 7.31. The molecule has 1 N–H and O–H groups in total. The van der Waals surface area contributed by atoms with Gasteiger partial charge in [-0.25, -0.2) is 0 Å². The molecule has 5 nitrogen and oxygen atoms in total. The first kappa shape index (κ1) is 21.0. The van der Waals surface area contributed by atoms with Crippen LogP contribution in [-0.2, 0) is 0 Å². The summed E-state index contributed by atoms with van der Waals surface area (Å²) in [6, 6.07) is 17.3. The number of carbonyl (C=O) groups is 1. The molecule has 3 aromatic rings. The van der Waals surface area contributed by atoms with Crippen LogP contribution in [0.4, 0.5) is 0 Å². The van der Waals surface area contributed by atoms with Gasteiger partial charge in [0.1, 0.15) is 5.75 Å². The van der Waals surface area contributed by atoms with E-state index in [9.17, 15) is 4.79 Å². The van der Waals surface area contributed by atoms with E-state index >= 15 is 0 Å². The molecule has 1 aromatic heterocycles. The number of rotatable bonds is 7. The maximum absolute atomic E-state index is 12.9. The molecular weight excluding hydrogens is 386 g/mol. The molecule has 29 heavy (non-hydrogen) atoms. The second-order valence-electron chi connectivity index (χ2n) is 7.10. The van der Waals surface area contributed by atoms with Crippen molar-refractivity contribution in [3.63, 3.8) is 0 Å². The number of para-hydroxylation sites is 1. The Kier molecular flexibility index (Phi) is 6.62. The Balaban J connectivity index is 2.08. The van der Waals surface area contributed by atoms with Crippen LogP contribution in [0.25, 0.3) is 16.9 Å². The van der Waals surface area contributed by atoms with E-state index in [0.717, 1.165) is 34.9 Å². The van der Waals surface area contributed by atoms with Crippen molar-refractivity contribution in [3.8, 4) is 22.7 Å². The molecule has 0 spiro atoms. The monoisotopic (exact) mass is 411 g/mol. The maximum Gasteiger partial charge on any atom is 0.253 e. The van der Waals surface area contributed by atoms with Gasteiger partial charge >= 0.3 is 0 Å². The number of ether oxygens (including phenoxy) is 1. The van der Waals surface area contributed by atoms with Crippen molar-refractivity contribution < 1.29 is 9.53 Å². The Morgan fingerprint density at radius 3 is 2.45 bits per heavy atom. The summed E-state index contributed by atoms with van der Waals surface area (Å²) in [4.78, 5) is 14.9. The van der Waals surface area contributed by atoms with E-state index in [1.165, 1.54) is 0 Å². The van der Waals surface area contributed by atoms with Gasteiger partial charge < -0.3 is 19.5 Å². The fourth-order valence-electron chi connectivity index (χ4n) is 3.24. The third kappa shape index (κ3) is 4.63. The van der Waals surface area contributed by atoms with Crippen molar-refractivity contribution in [2.45, 2.75) is 6.92 Å². The number of nitrogens with one attached hydrogen (secondary N) is 1. The van der Waals surface area contributed by atoms with Crippen LogP contribution >= 0.6 is 11.6 Å². The quantitative estimate of drug-likeness (QED) is 0.626. The molecule has 1 amide bonds. The summed E-state index contributed by atoms with van der Waals surface area (Å²) in [6.45, 7) is 3.30. The second-order valence-corrected chi connectivity index (χ2v) is 7.51. The minimum atomic E-state index is -0.0927. The lowest BCUT2D eigenvalue weighted by atomic mass is 10.1. The number of aromatic nitrogens is 1. The molecule has 0 radical (unpaired) electrons. The molecule has 152 valence electrons. The first-order valence-electron chi connectivity index (χ1n) is 9.47. The van der Waals surface area contributed by atoms with E-state index in [1.54, 1.807) is 7.11 Å². The number of methoxy groups -OCH3 is 1. The van der Waals surface area contributed by atoms with Gasteiger partial charge in [-0.15, -0.1) is 0 Å². The Hall–Kier alpha value is -2.76. The van der Waals surface area contributed by atoms with Gasteiger partial charge in [0.05, 0.1) is 29.1 Å². The molecule has 0 saturated carbocycles. The molecule has 3 rings (SSSR count). The van der Waals surface area contributed by atoms with Crippen LogP contribution in [0, 0.1) is 6.92 Å². The summed E-state index contributed by atoms with van der Waals surface area (Å²) in [5.41, 5.74) is 4.18. The van der Waals surface area contributed by atoms with Gasteiger partial charge in [0, 0.05) is 18.8 Å². The highest BCUT2D eigenvalue weighted by Gasteiger charge is 2.20. The number of nitrogens with zero attached hydrogens (tertiary/aromatic N) is 2. The van der Waals surface area contributed by atoms with Crippen molar-refractivity contribution in [1.82, 2.24) is 14.8 Å². The van der Waals surface area contributed by atoms with Crippen LogP contribution in [0.2, 0.25) is 5.02 Å². The van der Waals surface area contributed by atoms with Crippen molar-refractivity contribution in [2.75, 3.05) is 34.3 Å². The van der Waals surface area contributed by atoms with Gasteiger partial charge in [-0.1, -0.05) is 23.7 Å². The predicted molar refractivity (Wildman–Crippen MR) is 118 cm³/mol. The molecule has 2 aromatic carbocycles. The number of likely N-dealkylation sites (N-methyl/N-ethyl adjacent to an activating group) is 1. The Morgan fingerprint density at radius 1 is 1.14 bits per heavy atom. The molecule has 0 aliphatic heterocycles. The lowest BCUT2D eigenvalue weighted by Crippen LogP contribution is -2.31. The number of carbonyl (C=O) groups excluding carboxylic acids is 1.